The lowest BCUT2D eigenvalue weighted by Crippen LogP contribution is -2.12. The van der Waals surface area contributed by atoms with E-state index < -0.39 is 0 Å². The summed E-state index contributed by atoms with van der Waals surface area (Å²) in [7, 11) is 1.67. The normalized spacial score (nSPS) is 10.6. The number of benzene rings is 3. The van der Waals surface area contributed by atoms with Crippen molar-refractivity contribution < 1.29 is 9.47 Å². The van der Waals surface area contributed by atoms with Crippen molar-refractivity contribution in [3.8, 4) is 11.5 Å². The number of hydrogen-bond acceptors (Lipinski definition) is 3. The molecule has 0 aromatic heterocycles. The van der Waals surface area contributed by atoms with Crippen LogP contribution in [0.15, 0.2) is 66.7 Å². The maximum absolute atomic E-state index is 6.17. The van der Waals surface area contributed by atoms with Gasteiger partial charge in [0.2, 0.25) is 0 Å². The fraction of sp³-hybridized carbons (Fsp3) is 0.182. The lowest BCUT2D eigenvalue weighted by Gasteiger charge is -2.10. The van der Waals surface area contributed by atoms with Crippen molar-refractivity contribution in [3.05, 3.63) is 93.5 Å². The van der Waals surface area contributed by atoms with Gasteiger partial charge in [-0.25, -0.2) is 0 Å². The maximum Gasteiger partial charge on any atom is 0.119 e. The monoisotopic (exact) mass is 401 g/mol. The fourth-order valence-electron chi connectivity index (χ4n) is 2.60. The lowest BCUT2D eigenvalue weighted by atomic mass is 10.2. The molecule has 0 saturated heterocycles. The summed E-state index contributed by atoms with van der Waals surface area (Å²) >= 11 is 12.1. The predicted molar refractivity (Wildman–Crippen MR) is 111 cm³/mol. The Labute approximate surface area is 169 Å². The smallest absolute Gasteiger partial charge is 0.119 e. The maximum atomic E-state index is 6.17. The first-order valence-corrected chi connectivity index (χ1v) is 9.39. The Morgan fingerprint density at radius 1 is 0.778 bits per heavy atom. The van der Waals surface area contributed by atoms with Gasteiger partial charge in [0.25, 0.3) is 0 Å². The molecule has 0 aliphatic heterocycles. The van der Waals surface area contributed by atoms with E-state index in [2.05, 4.69) is 29.6 Å². The minimum atomic E-state index is 0.408. The van der Waals surface area contributed by atoms with Crippen molar-refractivity contribution >= 4 is 23.2 Å². The fourth-order valence-corrected chi connectivity index (χ4v) is 3.06. The SMILES string of the molecule is COc1ccc(CNCc2ccc(OCc3ccc(Cl)cc3Cl)cc2)cc1. The van der Waals surface area contributed by atoms with E-state index in [1.165, 1.54) is 11.1 Å². The third-order valence-electron chi connectivity index (χ3n) is 4.15. The molecule has 0 atom stereocenters. The highest BCUT2D eigenvalue weighted by atomic mass is 35.5. The molecule has 0 heterocycles. The van der Waals surface area contributed by atoms with Gasteiger partial charge in [-0.15, -0.1) is 0 Å². The zero-order valence-electron chi connectivity index (χ0n) is 15.0. The third-order valence-corrected chi connectivity index (χ3v) is 4.74. The molecule has 0 radical (unpaired) electrons. The van der Waals surface area contributed by atoms with Gasteiger partial charge in [-0.2, -0.15) is 0 Å². The Hall–Kier alpha value is -2.20. The Balaban J connectivity index is 1.46. The Bertz CT molecular complexity index is 864. The molecule has 140 valence electrons. The number of hydrogen-bond donors (Lipinski definition) is 1. The molecule has 0 aliphatic rings. The molecule has 0 spiro atoms. The molecule has 0 amide bonds. The van der Waals surface area contributed by atoms with Crippen LogP contribution in [-0.2, 0) is 19.7 Å². The average Bonchev–Trinajstić information content (AvgIpc) is 2.69. The lowest BCUT2D eigenvalue weighted by molar-refractivity contribution is 0.306. The molecule has 0 bridgehead atoms. The molecule has 0 unspecified atom stereocenters. The van der Waals surface area contributed by atoms with E-state index in [-0.39, 0.29) is 0 Å². The summed E-state index contributed by atoms with van der Waals surface area (Å²) in [5.74, 6) is 1.68. The van der Waals surface area contributed by atoms with Gasteiger partial charge in [0.05, 0.1) is 7.11 Å². The molecule has 0 aliphatic carbocycles. The summed E-state index contributed by atoms with van der Waals surface area (Å²) in [5.41, 5.74) is 3.32. The minimum Gasteiger partial charge on any atom is -0.497 e. The molecule has 3 rings (SSSR count). The Kier molecular flexibility index (Phi) is 6.99. The highest BCUT2D eigenvalue weighted by molar-refractivity contribution is 6.35. The number of nitrogens with one attached hydrogen (secondary N) is 1. The van der Waals surface area contributed by atoms with Crippen molar-refractivity contribution in [1.29, 1.82) is 0 Å². The summed E-state index contributed by atoms with van der Waals surface area (Å²) in [4.78, 5) is 0. The van der Waals surface area contributed by atoms with Crippen LogP contribution < -0.4 is 14.8 Å². The van der Waals surface area contributed by atoms with Crippen molar-refractivity contribution in [1.82, 2.24) is 5.32 Å². The second-order valence-electron chi connectivity index (χ2n) is 6.12. The molecule has 3 aromatic rings. The van der Waals surface area contributed by atoms with E-state index in [4.69, 9.17) is 32.7 Å². The first kappa shape index (κ1) is 19.6. The van der Waals surface area contributed by atoms with E-state index in [0.29, 0.717) is 16.7 Å². The van der Waals surface area contributed by atoms with E-state index in [9.17, 15) is 0 Å². The molecule has 0 fully saturated rings. The first-order valence-electron chi connectivity index (χ1n) is 8.63. The molecule has 27 heavy (non-hydrogen) atoms. The van der Waals surface area contributed by atoms with Crippen LogP contribution in [0.25, 0.3) is 0 Å². The van der Waals surface area contributed by atoms with Crippen molar-refractivity contribution in [2.45, 2.75) is 19.7 Å². The zero-order chi connectivity index (χ0) is 19.1. The van der Waals surface area contributed by atoms with Crippen LogP contribution in [0.2, 0.25) is 10.0 Å². The Morgan fingerprint density at radius 2 is 1.37 bits per heavy atom. The van der Waals surface area contributed by atoms with Crippen LogP contribution in [0.4, 0.5) is 0 Å². The van der Waals surface area contributed by atoms with Gasteiger partial charge in [0.1, 0.15) is 18.1 Å². The quantitative estimate of drug-likeness (QED) is 0.511. The molecule has 3 aromatic carbocycles. The van der Waals surface area contributed by atoms with Crippen molar-refractivity contribution in [3.63, 3.8) is 0 Å². The number of rotatable bonds is 8. The van der Waals surface area contributed by atoms with Gasteiger partial charge in [-0.05, 0) is 47.5 Å². The average molecular weight is 402 g/mol. The van der Waals surface area contributed by atoms with Gasteiger partial charge in [-0.1, -0.05) is 53.5 Å². The summed E-state index contributed by atoms with van der Waals surface area (Å²) < 4.78 is 11.0. The van der Waals surface area contributed by atoms with Gasteiger partial charge in [0, 0.05) is 28.7 Å². The molecular weight excluding hydrogens is 381 g/mol. The standard InChI is InChI=1S/C22H21Cl2NO2/c1-26-20-8-2-16(3-9-20)13-25-14-17-4-10-21(11-5-17)27-15-18-6-7-19(23)12-22(18)24/h2-12,25H,13-15H2,1H3. The molecule has 3 nitrogen and oxygen atoms in total. The second-order valence-corrected chi connectivity index (χ2v) is 6.96. The molecular formula is C22H21Cl2NO2. The summed E-state index contributed by atoms with van der Waals surface area (Å²) in [6.45, 7) is 2.00. The second kappa shape index (κ2) is 9.65. The summed E-state index contributed by atoms with van der Waals surface area (Å²) in [6.07, 6.45) is 0. The summed E-state index contributed by atoms with van der Waals surface area (Å²) in [5, 5.41) is 4.67. The van der Waals surface area contributed by atoms with Gasteiger partial charge in [-0.3, -0.25) is 0 Å². The predicted octanol–water partition coefficient (Wildman–Crippen LogP) is 5.87. The van der Waals surface area contributed by atoms with Crippen LogP contribution in [0.1, 0.15) is 16.7 Å². The van der Waals surface area contributed by atoms with Gasteiger partial charge < -0.3 is 14.8 Å². The topological polar surface area (TPSA) is 30.5 Å². The van der Waals surface area contributed by atoms with E-state index in [1.54, 1.807) is 13.2 Å². The Morgan fingerprint density at radius 3 is 1.93 bits per heavy atom. The number of halogens is 2. The van der Waals surface area contributed by atoms with Crippen LogP contribution in [-0.4, -0.2) is 7.11 Å². The van der Waals surface area contributed by atoms with Crippen molar-refractivity contribution in [2.24, 2.45) is 0 Å². The summed E-state index contributed by atoms with van der Waals surface area (Å²) in [6, 6.07) is 21.5. The van der Waals surface area contributed by atoms with E-state index >= 15 is 0 Å². The molecule has 5 heteroatoms. The molecule has 1 N–H and O–H groups in total. The molecule has 0 saturated carbocycles. The number of methoxy groups -OCH3 is 1. The van der Waals surface area contributed by atoms with Gasteiger partial charge in [0.15, 0.2) is 0 Å². The minimum absolute atomic E-state index is 0.408. The first-order chi connectivity index (χ1) is 13.1. The highest BCUT2D eigenvalue weighted by Gasteiger charge is 2.03. The van der Waals surface area contributed by atoms with Crippen LogP contribution >= 0.6 is 23.2 Å². The van der Waals surface area contributed by atoms with E-state index in [1.807, 2.05) is 36.4 Å². The van der Waals surface area contributed by atoms with Crippen molar-refractivity contribution in [2.75, 3.05) is 7.11 Å². The van der Waals surface area contributed by atoms with Gasteiger partial charge >= 0.3 is 0 Å². The largest absolute Gasteiger partial charge is 0.497 e. The number of ether oxygens (including phenoxy) is 2. The third kappa shape index (κ3) is 5.90. The highest BCUT2D eigenvalue weighted by Crippen LogP contribution is 2.23. The van der Waals surface area contributed by atoms with Crippen LogP contribution in [0, 0.1) is 0 Å². The zero-order valence-corrected chi connectivity index (χ0v) is 16.6. The van der Waals surface area contributed by atoms with Crippen LogP contribution in [0.3, 0.4) is 0 Å². The van der Waals surface area contributed by atoms with Crippen LogP contribution in [0.5, 0.6) is 11.5 Å². The van der Waals surface area contributed by atoms with E-state index in [0.717, 1.165) is 30.2 Å².